The molecule has 1 amide bonds. The Kier molecular flexibility index (Phi) is 6.89. The second kappa shape index (κ2) is 10.2. The Bertz CT molecular complexity index is 1310. The van der Waals surface area contributed by atoms with Crippen LogP contribution in [0.1, 0.15) is 18.5 Å². The van der Waals surface area contributed by atoms with Gasteiger partial charge in [0.15, 0.2) is 5.75 Å². The Hall–Kier alpha value is -3.15. The van der Waals surface area contributed by atoms with Crippen LogP contribution in [0.5, 0.6) is 5.75 Å². The number of carbonyl (C=O) groups is 1. The maximum atomic E-state index is 12.5. The van der Waals surface area contributed by atoms with Gasteiger partial charge in [0.25, 0.3) is 5.56 Å². The minimum Gasteiger partial charge on any atom is -0.618 e. The Balaban J connectivity index is 1.15. The van der Waals surface area contributed by atoms with Gasteiger partial charge in [0, 0.05) is 43.9 Å². The molecule has 3 aromatic heterocycles. The monoisotopic (exact) mass is 496 g/mol. The number of amides is 1. The van der Waals surface area contributed by atoms with Crippen LogP contribution in [-0.2, 0) is 17.9 Å². The van der Waals surface area contributed by atoms with Gasteiger partial charge >= 0.3 is 0 Å². The van der Waals surface area contributed by atoms with Crippen LogP contribution in [0.15, 0.2) is 46.2 Å². The molecule has 0 aromatic carbocycles. The van der Waals surface area contributed by atoms with Crippen molar-refractivity contribution in [3.8, 4) is 5.75 Å². The lowest BCUT2D eigenvalue weighted by Crippen LogP contribution is -2.43. The molecule has 0 saturated carbocycles. The third-order valence-corrected chi connectivity index (χ3v) is 7.58. The lowest BCUT2D eigenvalue weighted by Gasteiger charge is -2.32. The van der Waals surface area contributed by atoms with E-state index in [9.17, 15) is 14.8 Å². The van der Waals surface area contributed by atoms with Crippen molar-refractivity contribution in [2.75, 3.05) is 37.8 Å². The van der Waals surface area contributed by atoms with E-state index in [1.54, 1.807) is 16.7 Å². The molecular weight excluding hydrogens is 468 g/mol. The highest BCUT2D eigenvalue weighted by Gasteiger charge is 2.21. The zero-order chi connectivity index (χ0) is 24.4. The van der Waals surface area contributed by atoms with Gasteiger partial charge in [0.2, 0.25) is 17.6 Å². The van der Waals surface area contributed by atoms with Crippen LogP contribution < -0.4 is 25.7 Å². The summed E-state index contributed by atoms with van der Waals surface area (Å²) in [4.78, 5) is 32.1. The molecule has 184 valence electrons. The van der Waals surface area contributed by atoms with Crippen LogP contribution in [0.2, 0.25) is 0 Å². The van der Waals surface area contributed by atoms with Crippen LogP contribution in [0.3, 0.4) is 0 Å². The normalized spacial score (nSPS) is 16.8. The summed E-state index contributed by atoms with van der Waals surface area (Å²) in [6.45, 7) is 3.73. The number of hydrogen-bond donors (Lipinski definition) is 2. The molecule has 0 radical (unpaired) electrons. The Morgan fingerprint density at radius 1 is 1.23 bits per heavy atom. The molecular formula is C24H28N6O4S. The highest BCUT2D eigenvalue weighted by Crippen LogP contribution is 2.29. The van der Waals surface area contributed by atoms with E-state index in [-0.39, 0.29) is 11.5 Å². The van der Waals surface area contributed by atoms with Gasteiger partial charge in [0.1, 0.15) is 11.3 Å². The summed E-state index contributed by atoms with van der Waals surface area (Å²) in [5.41, 5.74) is 1.81. The van der Waals surface area contributed by atoms with Gasteiger partial charge in [0.05, 0.1) is 23.5 Å². The van der Waals surface area contributed by atoms with Gasteiger partial charge in [-0.3, -0.25) is 9.59 Å². The lowest BCUT2D eigenvalue weighted by atomic mass is 10.0. The summed E-state index contributed by atoms with van der Waals surface area (Å²) in [5, 5.41) is 18.7. The highest BCUT2D eigenvalue weighted by atomic mass is 32.2. The van der Waals surface area contributed by atoms with E-state index in [1.807, 2.05) is 12.1 Å². The summed E-state index contributed by atoms with van der Waals surface area (Å²) < 4.78 is 7.60. The van der Waals surface area contributed by atoms with Crippen molar-refractivity contribution in [3.05, 3.63) is 57.8 Å². The molecule has 2 aliphatic heterocycles. The van der Waals surface area contributed by atoms with E-state index in [1.165, 1.54) is 31.1 Å². The first-order chi connectivity index (χ1) is 17.0. The van der Waals surface area contributed by atoms with Gasteiger partial charge in [-0.1, -0.05) is 0 Å². The number of piperidine rings is 1. The van der Waals surface area contributed by atoms with E-state index in [2.05, 4.69) is 20.5 Å². The topological polar surface area (TPSA) is 115 Å². The smallest absolute Gasteiger partial charge is 0.251 e. The fourth-order valence-electron chi connectivity index (χ4n) is 4.57. The molecule has 0 spiro atoms. The molecule has 0 bridgehead atoms. The molecule has 1 saturated heterocycles. The molecule has 2 aliphatic rings. The van der Waals surface area contributed by atoms with Crippen LogP contribution in [0.4, 0.5) is 5.82 Å². The van der Waals surface area contributed by atoms with E-state index in [0.717, 1.165) is 47.8 Å². The van der Waals surface area contributed by atoms with E-state index in [4.69, 9.17) is 4.74 Å². The molecule has 5 rings (SSSR count). The maximum absolute atomic E-state index is 12.5. The quantitative estimate of drug-likeness (QED) is 0.372. The number of fused-ring (bicyclic) bond motifs is 2. The number of pyridine rings is 3. The summed E-state index contributed by atoms with van der Waals surface area (Å²) in [6, 6.07) is 9.15. The molecule has 0 unspecified atom stereocenters. The summed E-state index contributed by atoms with van der Waals surface area (Å²) in [5.74, 6) is 1.51. The van der Waals surface area contributed by atoms with Crippen LogP contribution in [0.25, 0.3) is 11.0 Å². The van der Waals surface area contributed by atoms with Crippen molar-refractivity contribution in [2.24, 2.45) is 0 Å². The van der Waals surface area contributed by atoms with E-state index >= 15 is 0 Å². The average molecular weight is 497 g/mol. The van der Waals surface area contributed by atoms with Gasteiger partial charge < -0.3 is 30.0 Å². The van der Waals surface area contributed by atoms with Gasteiger partial charge in [-0.05, 0) is 38.1 Å². The lowest BCUT2D eigenvalue weighted by molar-refractivity contribution is -0.577. The molecule has 3 aromatic rings. The molecule has 35 heavy (non-hydrogen) atoms. The van der Waals surface area contributed by atoms with Crippen molar-refractivity contribution in [3.63, 3.8) is 0 Å². The summed E-state index contributed by atoms with van der Waals surface area (Å²) in [7, 11) is 1.50. The van der Waals surface area contributed by atoms with Gasteiger partial charge in [-0.25, -0.2) is 4.98 Å². The number of methoxy groups -OCH3 is 1. The van der Waals surface area contributed by atoms with Crippen LogP contribution >= 0.6 is 11.8 Å². The minimum atomic E-state index is -0.130. The Morgan fingerprint density at radius 3 is 2.86 bits per heavy atom. The number of hydrogen-bond acceptors (Lipinski definition) is 8. The van der Waals surface area contributed by atoms with Gasteiger partial charge in [-0.2, -0.15) is 4.73 Å². The fraction of sp³-hybridized carbons (Fsp3) is 0.417. The van der Waals surface area contributed by atoms with E-state index < -0.39 is 0 Å². The molecule has 1 fully saturated rings. The second-order valence-corrected chi connectivity index (χ2v) is 9.80. The van der Waals surface area contributed by atoms with Crippen molar-refractivity contribution in [1.82, 2.24) is 19.8 Å². The third kappa shape index (κ3) is 5.26. The molecule has 11 heteroatoms. The minimum absolute atomic E-state index is 0.00963. The third-order valence-electron chi connectivity index (χ3n) is 6.53. The number of likely N-dealkylation sites (tertiary alicyclic amines) is 1. The number of aromatic nitrogens is 3. The Morgan fingerprint density at radius 2 is 2.06 bits per heavy atom. The summed E-state index contributed by atoms with van der Waals surface area (Å²) >= 11 is 1.51. The number of nitrogens with zero attached hydrogens (tertiary/aromatic N) is 4. The zero-order valence-electron chi connectivity index (χ0n) is 19.5. The van der Waals surface area contributed by atoms with Crippen molar-refractivity contribution < 1.29 is 14.3 Å². The summed E-state index contributed by atoms with van der Waals surface area (Å²) in [6.07, 6.45) is 3.36. The SMILES string of the molecule is COc1cc2c(ccc(=O)n2CCN2CCC(NCc3ccc4c(n3)NC(=O)CS4)CC2)[n+]([O-])c1. The first kappa shape index (κ1) is 23.6. The number of carbonyl (C=O) groups excluding carboxylic acids is 1. The second-order valence-electron chi connectivity index (χ2n) is 8.78. The number of thioether (sulfide) groups is 1. The fourth-order valence-corrected chi connectivity index (χ4v) is 5.33. The molecule has 0 atom stereocenters. The number of rotatable bonds is 7. The molecule has 10 nitrogen and oxygen atoms in total. The largest absolute Gasteiger partial charge is 0.618 e. The first-order valence-electron chi connectivity index (χ1n) is 11.7. The maximum Gasteiger partial charge on any atom is 0.251 e. The molecule has 2 N–H and O–H groups in total. The highest BCUT2D eigenvalue weighted by molar-refractivity contribution is 8.00. The number of ether oxygens (including phenoxy) is 1. The van der Waals surface area contributed by atoms with Crippen LogP contribution in [0, 0.1) is 5.21 Å². The Labute approximate surface area is 206 Å². The number of anilines is 1. The molecule has 0 aliphatic carbocycles. The van der Waals surface area contributed by atoms with Crippen molar-refractivity contribution in [1.29, 1.82) is 0 Å². The molecule has 5 heterocycles. The van der Waals surface area contributed by atoms with Gasteiger partial charge in [-0.15, -0.1) is 11.8 Å². The van der Waals surface area contributed by atoms with Crippen LogP contribution in [-0.4, -0.2) is 58.9 Å². The predicted octanol–water partition coefficient (Wildman–Crippen LogP) is 1.34. The number of nitrogens with one attached hydrogen (secondary N) is 2. The predicted molar refractivity (Wildman–Crippen MR) is 134 cm³/mol. The van der Waals surface area contributed by atoms with Crippen molar-refractivity contribution in [2.45, 2.75) is 36.9 Å². The van der Waals surface area contributed by atoms with E-state index in [0.29, 0.717) is 47.5 Å². The average Bonchev–Trinajstić information content (AvgIpc) is 2.87. The zero-order valence-corrected chi connectivity index (χ0v) is 20.3. The standard InChI is InChI=1S/C24H28N6O4S/c1-34-18-12-20-19(30(33)14-18)3-5-23(32)29(20)11-10-28-8-6-16(7-9-28)25-13-17-2-4-21-24(26-17)27-22(31)15-35-21/h2-5,12,14,16,25H,6-11,13,15H2,1H3,(H,26,27,31). The first-order valence-corrected chi connectivity index (χ1v) is 12.7. The van der Waals surface area contributed by atoms with Crippen molar-refractivity contribution >= 4 is 34.5 Å².